The number of nitrogens with zero attached hydrogens (tertiary/aromatic N) is 1. The van der Waals surface area contributed by atoms with Crippen molar-refractivity contribution in [2.24, 2.45) is 0 Å². The largest absolute Gasteiger partial charge is 0.466 e. The third-order valence-electron chi connectivity index (χ3n) is 3.74. The van der Waals surface area contributed by atoms with Gasteiger partial charge in [-0.15, -0.1) is 23.2 Å². The number of hydrogen-bond acceptors (Lipinski definition) is 6. The number of alkyl halides is 2. The van der Waals surface area contributed by atoms with Crippen LogP contribution in [0.4, 0.5) is 0 Å². The molecule has 0 aromatic carbocycles. The third-order valence-corrected chi connectivity index (χ3v) is 4.60. The van der Waals surface area contributed by atoms with Crippen molar-refractivity contribution in [3.8, 4) is 0 Å². The molecule has 0 radical (unpaired) electrons. The fourth-order valence-corrected chi connectivity index (χ4v) is 3.23. The van der Waals surface area contributed by atoms with Crippen LogP contribution in [0.5, 0.6) is 0 Å². The molecule has 0 amide bonds. The van der Waals surface area contributed by atoms with Crippen molar-refractivity contribution >= 4 is 35.1 Å². The Kier molecular flexibility index (Phi) is 5.39. The summed E-state index contributed by atoms with van der Waals surface area (Å²) in [7, 11) is 2.44. The Bertz CT molecular complexity index is 607. The summed E-state index contributed by atoms with van der Waals surface area (Å²) in [5.41, 5.74) is -0.563. The highest BCUT2D eigenvalue weighted by Gasteiger charge is 2.51. The van der Waals surface area contributed by atoms with E-state index in [2.05, 4.69) is 0 Å². The van der Waals surface area contributed by atoms with E-state index in [1.807, 2.05) is 13.0 Å². The van der Waals surface area contributed by atoms with Gasteiger partial charge in [0.2, 0.25) is 0 Å². The number of carbonyl (C=O) groups is 2. The molecule has 2 aliphatic heterocycles. The lowest BCUT2D eigenvalue weighted by molar-refractivity contribution is -0.154. The van der Waals surface area contributed by atoms with Crippen LogP contribution >= 0.6 is 23.2 Å². The third kappa shape index (κ3) is 2.86. The van der Waals surface area contributed by atoms with Gasteiger partial charge >= 0.3 is 11.9 Å². The van der Waals surface area contributed by atoms with Crippen LogP contribution < -0.4 is 0 Å². The maximum absolute atomic E-state index is 12.4. The molecule has 0 spiro atoms. The first-order valence-electron chi connectivity index (χ1n) is 6.80. The zero-order valence-electron chi connectivity index (χ0n) is 13.0. The van der Waals surface area contributed by atoms with E-state index in [4.69, 9.17) is 37.4 Å². The molecule has 23 heavy (non-hydrogen) atoms. The quantitative estimate of drug-likeness (QED) is 0.563. The lowest BCUT2D eigenvalue weighted by Gasteiger charge is -2.46. The molecule has 0 fully saturated rings. The number of ether oxygens (including phenoxy) is 3. The van der Waals surface area contributed by atoms with Gasteiger partial charge in [-0.05, 0) is 18.6 Å². The fourth-order valence-electron chi connectivity index (χ4n) is 2.55. The van der Waals surface area contributed by atoms with Crippen molar-refractivity contribution in [3.05, 3.63) is 35.2 Å². The Balaban J connectivity index is 2.75. The Morgan fingerprint density at radius 2 is 1.87 bits per heavy atom. The molecule has 0 aliphatic carbocycles. The summed E-state index contributed by atoms with van der Waals surface area (Å²) >= 11 is 12.1. The van der Waals surface area contributed by atoms with Gasteiger partial charge in [0, 0.05) is 6.20 Å². The standard InChI is InChI=1S/C15H17Cl2NO5/c1-9-5-4-6-18-11(14(20)22-3)10(13(19)21-2)15(7-16,8-17)23-12(9)18/h4-6,12H,7-8H2,1-3H3. The highest BCUT2D eigenvalue weighted by Crippen LogP contribution is 2.40. The van der Waals surface area contributed by atoms with Gasteiger partial charge in [0.25, 0.3) is 0 Å². The zero-order valence-corrected chi connectivity index (χ0v) is 14.5. The Morgan fingerprint density at radius 1 is 1.26 bits per heavy atom. The van der Waals surface area contributed by atoms with Crippen LogP contribution in [0.2, 0.25) is 0 Å². The van der Waals surface area contributed by atoms with E-state index in [-0.39, 0.29) is 23.0 Å². The molecule has 0 aromatic rings. The fraction of sp³-hybridized carbons (Fsp3) is 0.467. The molecule has 2 aliphatic rings. The van der Waals surface area contributed by atoms with E-state index in [9.17, 15) is 9.59 Å². The number of hydrogen-bond donors (Lipinski definition) is 0. The first-order valence-corrected chi connectivity index (χ1v) is 7.87. The Morgan fingerprint density at radius 3 is 2.39 bits per heavy atom. The van der Waals surface area contributed by atoms with E-state index in [1.165, 1.54) is 19.1 Å². The molecule has 1 atom stereocenters. The van der Waals surface area contributed by atoms with Crippen molar-refractivity contribution in [3.63, 3.8) is 0 Å². The number of methoxy groups -OCH3 is 2. The summed E-state index contributed by atoms with van der Waals surface area (Å²) in [6.45, 7) is 1.84. The monoisotopic (exact) mass is 361 g/mol. The average molecular weight is 362 g/mol. The van der Waals surface area contributed by atoms with Gasteiger partial charge in [0.05, 0.1) is 26.0 Å². The van der Waals surface area contributed by atoms with Gasteiger partial charge in [-0.1, -0.05) is 6.08 Å². The van der Waals surface area contributed by atoms with Crippen LogP contribution in [-0.2, 0) is 23.8 Å². The average Bonchev–Trinajstić information content (AvgIpc) is 2.59. The molecule has 0 saturated heterocycles. The van der Waals surface area contributed by atoms with Crippen LogP contribution in [0.15, 0.2) is 35.2 Å². The molecular weight excluding hydrogens is 345 g/mol. The molecule has 8 heteroatoms. The van der Waals surface area contributed by atoms with Crippen LogP contribution in [0.25, 0.3) is 0 Å². The minimum Gasteiger partial charge on any atom is -0.466 e. The number of halogens is 2. The Labute approximate surface area is 144 Å². The molecule has 2 heterocycles. The van der Waals surface area contributed by atoms with Gasteiger partial charge in [-0.3, -0.25) is 0 Å². The first-order chi connectivity index (χ1) is 11.0. The number of rotatable bonds is 4. The second-order valence-corrected chi connectivity index (χ2v) is 5.63. The van der Waals surface area contributed by atoms with E-state index >= 15 is 0 Å². The summed E-state index contributed by atoms with van der Waals surface area (Å²) in [6.07, 6.45) is 4.59. The molecule has 126 valence electrons. The minimum absolute atomic E-state index is 0.0144. The summed E-state index contributed by atoms with van der Waals surface area (Å²) < 4.78 is 15.7. The van der Waals surface area contributed by atoms with E-state index in [0.717, 1.165) is 5.57 Å². The van der Waals surface area contributed by atoms with Crippen molar-refractivity contribution in [2.75, 3.05) is 26.0 Å². The topological polar surface area (TPSA) is 65.1 Å². The molecule has 1 unspecified atom stereocenters. The normalized spacial score (nSPS) is 22.4. The molecule has 0 bridgehead atoms. The molecule has 0 aromatic heterocycles. The molecule has 2 rings (SSSR count). The smallest absolute Gasteiger partial charge is 0.355 e. The lowest BCUT2D eigenvalue weighted by Crippen LogP contribution is -2.56. The number of esters is 2. The number of fused-ring (bicyclic) bond motifs is 1. The number of carbonyl (C=O) groups excluding carboxylic acids is 2. The summed E-state index contributed by atoms with van der Waals surface area (Å²) in [5, 5.41) is 0. The molecular formula is C15H17Cl2NO5. The predicted molar refractivity (Wildman–Crippen MR) is 84.8 cm³/mol. The molecule has 6 nitrogen and oxygen atoms in total. The van der Waals surface area contributed by atoms with Crippen molar-refractivity contribution in [1.29, 1.82) is 0 Å². The van der Waals surface area contributed by atoms with Crippen molar-refractivity contribution in [2.45, 2.75) is 18.8 Å². The maximum Gasteiger partial charge on any atom is 0.355 e. The van der Waals surface area contributed by atoms with Crippen molar-refractivity contribution < 1.29 is 23.8 Å². The molecule has 0 N–H and O–H groups in total. The van der Waals surface area contributed by atoms with E-state index in [1.54, 1.807) is 12.3 Å². The van der Waals surface area contributed by atoms with Gasteiger partial charge < -0.3 is 19.1 Å². The van der Waals surface area contributed by atoms with Gasteiger partial charge in [-0.2, -0.15) is 0 Å². The molecule has 0 saturated carbocycles. The second-order valence-electron chi connectivity index (χ2n) is 5.10. The SMILES string of the molecule is COC(=O)C1=C(C(=O)OC)C(CCl)(CCl)OC2C(C)=CC=CN12. The van der Waals surface area contributed by atoms with Gasteiger partial charge in [0.1, 0.15) is 16.9 Å². The number of allylic oxidation sites excluding steroid dienone is 2. The highest BCUT2D eigenvalue weighted by molar-refractivity contribution is 6.23. The summed E-state index contributed by atoms with van der Waals surface area (Å²) in [6, 6.07) is 0. The maximum atomic E-state index is 12.4. The van der Waals surface area contributed by atoms with E-state index < -0.39 is 23.8 Å². The Hall–Kier alpha value is -1.50. The van der Waals surface area contributed by atoms with Crippen molar-refractivity contribution in [1.82, 2.24) is 4.90 Å². The van der Waals surface area contributed by atoms with E-state index in [0.29, 0.717) is 0 Å². The zero-order chi connectivity index (χ0) is 17.2. The summed E-state index contributed by atoms with van der Waals surface area (Å²) in [4.78, 5) is 26.2. The van der Waals surface area contributed by atoms with Crippen LogP contribution in [-0.4, -0.2) is 54.6 Å². The minimum atomic E-state index is -1.36. The first kappa shape index (κ1) is 17.8. The van der Waals surface area contributed by atoms with Crippen LogP contribution in [0.3, 0.4) is 0 Å². The van der Waals surface area contributed by atoms with Crippen LogP contribution in [0, 0.1) is 0 Å². The van der Waals surface area contributed by atoms with Crippen LogP contribution in [0.1, 0.15) is 6.92 Å². The lowest BCUT2D eigenvalue weighted by atomic mass is 9.91. The summed E-state index contributed by atoms with van der Waals surface area (Å²) in [5.74, 6) is -1.69. The van der Waals surface area contributed by atoms with Gasteiger partial charge in [0.15, 0.2) is 6.23 Å². The second kappa shape index (κ2) is 6.95. The highest BCUT2D eigenvalue weighted by atomic mass is 35.5. The van der Waals surface area contributed by atoms with Gasteiger partial charge in [-0.25, -0.2) is 9.59 Å². The predicted octanol–water partition coefficient (Wildman–Crippen LogP) is 1.93.